The van der Waals surface area contributed by atoms with Crippen LogP contribution in [-0.2, 0) is 9.47 Å². The first-order chi connectivity index (χ1) is 31.7. The van der Waals surface area contributed by atoms with Crippen LogP contribution in [-0.4, -0.2) is 29.0 Å². The van der Waals surface area contributed by atoms with Gasteiger partial charge in [-0.1, -0.05) is 301 Å². The minimum absolute atomic E-state index is 0.355. The van der Waals surface area contributed by atoms with E-state index in [9.17, 15) is 0 Å². The summed E-state index contributed by atoms with van der Waals surface area (Å²) in [7, 11) is 0. The Kier molecular flexibility index (Phi) is 38.2. The van der Waals surface area contributed by atoms with Gasteiger partial charge in [-0.2, -0.15) is 0 Å². The van der Waals surface area contributed by atoms with E-state index in [1.165, 1.54) is 295 Å². The Balaban J connectivity index is 1.30. The molecule has 1 aromatic rings. The molecule has 0 aromatic carbocycles. The van der Waals surface area contributed by atoms with E-state index in [1.807, 2.05) is 13.1 Å². The van der Waals surface area contributed by atoms with E-state index in [1.54, 1.807) is 0 Å². The second-order valence-electron chi connectivity index (χ2n) is 21.3. The summed E-state index contributed by atoms with van der Waals surface area (Å²) in [6.07, 6.45) is 72.2. The highest BCUT2D eigenvalue weighted by Gasteiger charge is 2.36. The maximum absolute atomic E-state index is 6.77. The Labute approximate surface area is 404 Å². The number of aromatic nitrogens is 2. The summed E-state index contributed by atoms with van der Waals surface area (Å²) in [6, 6.07) is 0. The average molecular weight is 914 g/mol. The van der Waals surface area contributed by atoms with E-state index in [4.69, 9.17) is 21.1 Å². The summed E-state index contributed by atoms with van der Waals surface area (Å²) in [6.45, 7) is 3.38. The van der Waals surface area contributed by atoms with E-state index >= 15 is 0 Å². The number of aryl methyl sites for hydroxylation is 1. The Morgan fingerprint density at radius 1 is 0.375 bits per heavy atom. The summed E-state index contributed by atoms with van der Waals surface area (Å²) >= 11 is 6.77. The molecule has 4 nitrogen and oxygen atoms in total. The fourth-order valence-electron chi connectivity index (χ4n) is 11.0. The minimum Gasteiger partial charge on any atom is -0.348 e. The predicted molar refractivity (Wildman–Crippen MR) is 280 cm³/mol. The van der Waals surface area contributed by atoms with Gasteiger partial charge in [-0.15, -0.1) is 0 Å². The van der Waals surface area contributed by atoms with Crippen molar-refractivity contribution in [3.05, 3.63) is 22.7 Å². The van der Waals surface area contributed by atoms with Crippen LogP contribution in [0, 0.1) is 6.92 Å². The van der Waals surface area contributed by atoms with Crippen molar-refractivity contribution in [2.75, 3.05) is 13.2 Å². The fraction of sp³-hybridized carbons (Fsp3) is 0.932. The third-order valence-electron chi connectivity index (χ3n) is 15.4. The summed E-state index contributed by atoms with van der Waals surface area (Å²) < 4.78 is 12.8. The first-order valence-electron chi connectivity index (χ1n) is 29.5. The SMILES string of the molecule is Cc1ncc(C2CCCCCCCCCCCCCCCCCCCCCCCCCCCCCCCCCCCCCCCCCCCCCCCCC3(CC2)OCCO3)c(Cl)n1. The van der Waals surface area contributed by atoms with Gasteiger partial charge in [0.2, 0.25) is 0 Å². The van der Waals surface area contributed by atoms with Gasteiger partial charge in [-0.05, 0) is 32.1 Å². The lowest BCUT2D eigenvalue weighted by molar-refractivity contribution is -0.169. The van der Waals surface area contributed by atoms with Crippen molar-refractivity contribution in [2.45, 2.75) is 340 Å². The Morgan fingerprint density at radius 3 is 0.922 bits per heavy atom. The van der Waals surface area contributed by atoms with Gasteiger partial charge in [0.05, 0.1) is 13.2 Å². The highest BCUT2D eigenvalue weighted by atomic mass is 35.5. The first-order valence-corrected chi connectivity index (χ1v) is 29.8. The monoisotopic (exact) mass is 913 g/mol. The zero-order valence-electron chi connectivity index (χ0n) is 43.0. The van der Waals surface area contributed by atoms with Crippen molar-refractivity contribution in [2.24, 2.45) is 0 Å². The Morgan fingerprint density at radius 2 is 0.641 bits per heavy atom. The second kappa shape index (κ2) is 42.4. The van der Waals surface area contributed by atoms with E-state index in [0.29, 0.717) is 11.1 Å². The van der Waals surface area contributed by atoms with Gasteiger partial charge in [-0.25, -0.2) is 9.97 Å². The quantitative estimate of drug-likeness (QED) is 0.263. The first kappa shape index (κ1) is 57.6. The van der Waals surface area contributed by atoms with Gasteiger partial charge in [-0.3, -0.25) is 0 Å². The van der Waals surface area contributed by atoms with E-state index < -0.39 is 5.79 Å². The molecule has 1 aromatic heterocycles. The van der Waals surface area contributed by atoms with Gasteiger partial charge < -0.3 is 9.47 Å². The van der Waals surface area contributed by atoms with Crippen molar-refractivity contribution < 1.29 is 9.47 Å². The molecule has 1 unspecified atom stereocenters. The van der Waals surface area contributed by atoms with Crippen LogP contribution in [0.4, 0.5) is 0 Å². The maximum atomic E-state index is 6.77. The molecule has 3 rings (SSSR count). The molecule has 1 spiro atoms. The highest BCUT2D eigenvalue weighted by molar-refractivity contribution is 6.30. The second-order valence-corrected chi connectivity index (χ2v) is 21.7. The van der Waals surface area contributed by atoms with Crippen molar-refractivity contribution in [1.29, 1.82) is 0 Å². The third kappa shape index (κ3) is 32.1. The molecule has 1 atom stereocenters. The highest BCUT2D eigenvalue weighted by Crippen LogP contribution is 2.38. The van der Waals surface area contributed by atoms with Gasteiger partial charge in [0.15, 0.2) is 5.79 Å². The summed E-state index contributed by atoms with van der Waals surface area (Å²) in [5.74, 6) is 0.689. The molecular weight excluding hydrogens is 804 g/mol. The largest absolute Gasteiger partial charge is 0.348 e. The van der Waals surface area contributed by atoms with Crippen LogP contribution in [0.5, 0.6) is 0 Å². The van der Waals surface area contributed by atoms with Crippen LogP contribution in [0.15, 0.2) is 6.20 Å². The van der Waals surface area contributed by atoms with Crippen molar-refractivity contribution in [3.63, 3.8) is 0 Å². The Bertz CT molecular complexity index is 1140. The lowest BCUT2D eigenvalue weighted by atomic mass is 9.87. The van der Waals surface area contributed by atoms with Crippen LogP contribution in [0.25, 0.3) is 0 Å². The zero-order valence-corrected chi connectivity index (χ0v) is 43.8. The maximum Gasteiger partial charge on any atom is 0.168 e. The molecule has 64 heavy (non-hydrogen) atoms. The molecule has 2 heterocycles. The molecule has 1 saturated heterocycles. The molecule has 0 radical (unpaired) electrons. The molecule has 0 N–H and O–H groups in total. The van der Waals surface area contributed by atoms with Crippen molar-refractivity contribution in [1.82, 2.24) is 9.97 Å². The van der Waals surface area contributed by atoms with Crippen LogP contribution < -0.4 is 0 Å². The van der Waals surface area contributed by atoms with Crippen LogP contribution in [0.3, 0.4) is 0 Å². The predicted octanol–water partition coefficient (Wildman–Crippen LogP) is 20.8. The molecule has 1 aliphatic carbocycles. The standard InChI is InChI=1S/C59H109ClN2O2/c1-55-61-54-57(58(60)62-55)56-48-46-44-42-40-38-36-34-32-30-28-26-24-22-20-18-16-14-12-10-8-6-4-2-3-5-7-9-11-13-15-17-19-21-23-25-27-29-31-33-35-37-39-41-43-45-47-50-59(51-49-56)63-52-53-64-59/h54,56H,2-53H2,1H3. The van der Waals surface area contributed by atoms with E-state index in [-0.39, 0.29) is 0 Å². The molecule has 2 aliphatic rings. The normalized spacial score (nSPS) is 24.8. The third-order valence-corrected chi connectivity index (χ3v) is 15.7. The minimum atomic E-state index is -0.419. The molecule has 0 bridgehead atoms. The lowest BCUT2D eigenvalue weighted by Crippen LogP contribution is -2.30. The molecule has 1 saturated carbocycles. The van der Waals surface area contributed by atoms with Crippen molar-refractivity contribution in [3.8, 4) is 0 Å². The zero-order chi connectivity index (χ0) is 45.1. The van der Waals surface area contributed by atoms with E-state index in [2.05, 4.69) is 9.97 Å². The topological polar surface area (TPSA) is 44.2 Å². The molecule has 5 heteroatoms. The fourth-order valence-corrected chi connectivity index (χ4v) is 11.4. The summed E-state index contributed by atoms with van der Waals surface area (Å²) in [5.41, 5.74) is 1.12. The molecular formula is C59H109ClN2O2. The molecule has 0 amide bonds. The number of nitrogens with zero attached hydrogens (tertiary/aromatic N) is 2. The number of hydrogen-bond donors (Lipinski definition) is 0. The van der Waals surface area contributed by atoms with E-state index in [0.717, 1.165) is 50.3 Å². The van der Waals surface area contributed by atoms with Crippen LogP contribution in [0.1, 0.15) is 338 Å². The van der Waals surface area contributed by atoms with Gasteiger partial charge in [0, 0.05) is 24.6 Å². The summed E-state index contributed by atoms with van der Waals surface area (Å²) in [5, 5.41) is 0.638. The molecule has 374 valence electrons. The van der Waals surface area contributed by atoms with Crippen molar-refractivity contribution >= 4 is 11.6 Å². The Hall–Kier alpha value is -0.710. The molecule has 2 fully saturated rings. The smallest absolute Gasteiger partial charge is 0.168 e. The number of hydrogen-bond acceptors (Lipinski definition) is 4. The van der Waals surface area contributed by atoms with Crippen LogP contribution >= 0.6 is 11.6 Å². The number of rotatable bonds is 1. The average Bonchev–Trinajstić information content (AvgIpc) is 3.77. The number of halogens is 1. The van der Waals surface area contributed by atoms with Gasteiger partial charge in [0.1, 0.15) is 11.0 Å². The van der Waals surface area contributed by atoms with Crippen LogP contribution in [0.2, 0.25) is 5.15 Å². The molecule has 1 aliphatic heterocycles. The van der Waals surface area contributed by atoms with Gasteiger partial charge >= 0.3 is 0 Å². The van der Waals surface area contributed by atoms with Gasteiger partial charge in [0.25, 0.3) is 0 Å². The summed E-state index contributed by atoms with van der Waals surface area (Å²) in [4.78, 5) is 9.14. The number of ether oxygens (including phenoxy) is 2. The lowest BCUT2D eigenvalue weighted by Gasteiger charge is -2.30.